The number of aliphatic hydroxyl groups excluding tert-OH is 1. The van der Waals surface area contributed by atoms with Gasteiger partial charge in [-0.1, -0.05) is 0 Å². The van der Waals surface area contributed by atoms with Gasteiger partial charge in [0.25, 0.3) is 0 Å². The van der Waals surface area contributed by atoms with Crippen LogP contribution in [0.2, 0.25) is 0 Å². The van der Waals surface area contributed by atoms with E-state index in [0.717, 1.165) is 19.5 Å². The third-order valence-electron chi connectivity index (χ3n) is 3.07. The summed E-state index contributed by atoms with van der Waals surface area (Å²) in [5.74, 6) is 0. The zero-order valence-corrected chi connectivity index (χ0v) is 12.0. The molecule has 0 saturated carbocycles. The number of rotatable bonds is 4. The number of β-amino-alcohol motifs (C(OH)–C–C–N with tert-alkyl or cyclic N) is 1. The van der Waals surface area contributed by atoms with Gasteiger partial charge in [-0.3, -0.25) is 4.90 Å². The fraction of sp³-hybridized carbons (Fsp3) is 0.923. The summed E-state index contributed by atoms with van der Waals surface area (Å²) in [6.07, 6.45) is 0.716. The van der Waals surface area contributed by atoms with Crippen LogP contribution in [0.4, 0.5) is 4.79 Å². The Bertz CT molecular complexity index is 276. The second kappa shape index (κ2) is 6.38. The van der Waals surface area contributed by atoms with Gasteiger partial charge in [-0.15, -0.1) is 0 Å². The van der Waals surface area contributed by atoms with Crippen molar-refractivity contribution >= 4 is 6.09 Å². The zero-order valence-electron chi connectivity index (χ0n) is 12.0. The normalized spacial score (nSPS) is 21.1. The maximum Gasteiger partial charge on any atom is 0.410 e. The molecule has 0 aromatic rings. The van der Waals surface area contributed by atoms with E-state index in [1.165, 1.54) is 0 Å². The molecular formula is C13H26N2O3. The molecule has 1 amide bonds. The standard InChI is InChI=1S/C13H26N2O3/c1-5-15(12(17)18-13(2,3)4)11-6-7-14(10-11)8-9-16/h11,16H,5-10H2,1-4H3. The van der Waals surface area contributed by atoms with Gasteiger partial charge in [0.2, 0.25) is 0 Å². The molecule has 0 aromatic carbocycles. The number of hydrogen-bond acceptors (Lipinski definition) is 4. The number of nitrogens with zero attached hydrogens (tertiary/aromatic N) is 2. The van der Waals surface area contributed by atoms with Gasteiger partial charge in [-0.05, 0) is 34.1 Å². The number of hydrogen-bond donors (Lipinski definition) is 1. The highest BCUT2D eigenvalue weighted by Crippen LogP contribution is 2.18. The summed E-state index contributed by atoms with van der Waals surface area (Å²) in [6.45, 7) is 10.9. The largest absolute Gasteiger partial charge is 0.444 e. The Hall–Kier alpha value is -0.810. The second-order valence-electron chi connectivity index (χ2n) is 5.73. The number of ether oxygens (including phenoxy) is 1. The van der Waals surface area contributed by atoms with E-state index in [1.807, 2.05) is 27.7 Å². The summed E-state index contributed by atoms with van der Waals surface area (Å²) in [5.41, 5.74) is -0.451. The highest BCUT2D eigenvalue weighted by Gasteiger charge is 2.31. The summed E-state index contributed by atoms with van der Waals surface area (Å²) in [7, 11) is 0. The lowest BCUT2D eigenvalue weighted by atomic mass is 10.2. The summed E-state index contributed by atoms with van der Waals surface area (Å²) in [6, 6.07) is 0.205. The van der Waals surface area contributed by atoms with Gasteiger partial charge in [-0.2, -0.15) is 0 Å². The average Bonchev–Trinajstić information content (AvgIpc) is 2.65. The molecule has 5 heteroatoms. The minimum atomic E-state index is -0.451. The summed E-state index contributed by atoms with van der Waals surface area (Å²) < 4.78 is 5.42. The summed E-state index contributed by atoms with van der Waals surface area (Å²) in [4.78, 5) is 16.0. The van der Waals surface area contributed by atoms with Crippen molar-refractivity contribution in [1.29, 1.82) is 0 Å². The predicted octanol–water partition coefficient (Wildman–Crippen LogP) is 1.31. The van der Waals surface area contributed by atoms with Crippen LogP contribution in [0.25, 0.3) is 0 Å². The molecule has 18 heavy (non-hydrogen) atoms. The molecule has 0 bridgehead atoms. The van der Waals surface area contributed by atoms with Crippen LogP contribution in [-0.4, -0.2) is 65.4 Å². The smallest absolute Gasteiger partial charge is 0.410 e. The lowest BCUT2D eigenvalue weighted by Gasteiger charge is -2.30. The molecule has 0 aromatic heterocycles. The van der Waals surface area contributed by atoms with Crippen LogP contribution in [0, 0.1) is 0 Å². The van der Waals surface area contributed by atoms with Gasteiger partial charge in [0.15, 0.2) is 0 Å². The molecule has 1 heterocycles. The monoisotopic (exact) mass is 258 g/mol. The highest BCUT2D eigenvalue weighted by molar-refractivity contribution is 5.68. The third kappa shape index (κ3) is 4.46. The summed E-state index contributed by atoms with van der Waals surface area (Å²) >= 11 is 0. The molecule has 1 unspecified atom stereocenters. The molecule has 0 radical (unpaired) electrons. The Labute approximate surface area is 110 Å². The van der Waals surface area contributed by atoms with E-state index in [0.29, 0.717) is 13.1 Å². The fourth-order valence-corrected chi connectivity index (χ4v) is 2.27. The Morgan fingerprint density at radius 1 is 1.50 bits per heavy atom. The predicted molar refractivity (Wildman–Crippen MR) is 70.5 cm³/mol. The minimum absolute atomic E-state index is 0.172. The van der Waals surface area contributed by atoms with Crippen LogP contribution >= 0.6 is 0 Å². The lowest BCUT2D eigenvalue weighted by Crippen LogP contribution is -2.44. The summed E-state index contributed by atoms with van der Waals surface area (Å²) in [5, 5.41) is 8.92. The highest BCUT2D eigenvalue weighted by atomic mass is 16.6. The first-order valence-corrected chi connectivity index (χ1v) is 6.70. The molecule has 1 aliphatic rings. The van der Waals surface area contributed by atoms with E-state index >= 15 is 0 Å². The zero-order chi connectivity index (χ0) is 13.8. The number of amides is 1. The van der Waals surface area contributed by atoms with Gasteiger partial charge in [0, 0.05) is 32.2 Å². The Morgan fingerprint density at radius 2 is 2.17 bits per heavy atom. The van der Waals surface area contributed by atoms with Crippen LogP contribution in [0.15, 0.2) is 0 Å². The first-order chi connectivity index (χ1) is 8.37. The molecule has 1 N–H and O–H groups in total. The van der Waals surface area contributed by atoms with E-state index in [2.05, 4.69) is 4.90 Å². The Morgan fingerprint density at radius 3 is 2.67 bits per heavy atom. The van der Waals surface area contributed by atoms with E-state index in [1.54, 1.807) is 4.90 Å². The van der Waals surface area contributed by atoms with Crippen LogP contribution in [-0.2, 0) is 4.74 Å². The van der Waals surface area contributed by atoms with Crippen molar-refractivity contribution in [3.8, 4) is 0 Å². The molecule has 0 aliphatic carbocycles. The molecule has 5 nitrogen and oxygen atoms in total. The molecular weight excluding hydrogens is 232 g/mol. The first kappa shape index (κ1) is 15.2. The van der Waals surface area contributed by atoms with Crippen LogP contribution in [0.1, 0.15) is 34.1 Å². The van der Waals surface area contributed by atoms with Crippen LogP contribution in [0.5, 0.6) is 0 Å². The maximum absolute atomic E-state index is 12.1. The van der Waals surface area contributed by atoms with Crippen molar-refractivity contribution in [3.05, 3.63) is 0 Å². The molecule has 1 fully saturated rings. The van der Waals surface area contributed by atoms with Gasteiger partial charge in [0.1, 0.15) is 5.60 Å². The van der Waals surface area contributed by atoms with E-state index in [4.69, 9.17) is 9.84 Å². The molecule has 1 aliphatic heterocycles. The van der Waals surface area contributed by atoms with Gasteiger partial charge < -0.3 is 14.7 Å². The van der Waals surface area contributed by atoms with E-state index in [9.17, 15) is 4.79 Å². The van der Waals surface area contributed by atoms with Gasteiger partial charge in [-0.25, -0.2) is 4.79 Å². The van der Waals surface area contributed by atoms with Crippen LogP contribution in [0.3, 0.4) is 0 Å². The number of aliphatic hydroxyl groups is 1. The molecule has 1 atom stereocenters. The number of carbonyl (C=O) groups is 1. The van der Waals surface area contributed by atoms with Crippen molar-refractivity contribution in [3.63, 3.8) is 0 Å². The van der Waals surface area contributed by atoms with Gasteiger partial charge in [0.05, 0.1) is 6.61 Å². The van der Waals surface area contributed by atoms with Crippen molar-refractivity contribution in [2.24, 2.45) is 0 Å². The fourth-order valence-electron chi connectivity index (χ4n) is 2.27. The lowest BCUT2D eigenvalue weighted by molar-refractivity contribution is 0.0179. The Balaban J connectivity index is 2.54. The van der Waals surface area contributed by atoms with E-state index in [-0.39, 0.29) is 18.7 Å². The van der Waals surface area contributed by atoms with Crippen molar-refractivity contribution in [2.75, 3.05) is 32.8 Å². The van der Waals surface area contributed by atoms with Crippen LogP contribution < -0.4 is 0 Å². The Kier molecular flexibility index (Phi) is 5.41. The number of carbonyl (C=O) groups excluding carboxylic acids is 1. The van der Waals surface area contributed by atoms with Gasteiger partial charge >= 0.3 is 6.09 Å². The third-order valence-corrected chi connectivity index (χ3v) is 3.07. The molecule has 106 valence electrons. The molecule has 1 saturated heterocycles. The molecule has 1 rings (SSSR count). The quantitative estimate of drug-likeness (QED) is 0.826. The first-order valence-electron chi connectivity index (χ1n) is 6.70. The topological polar surface area (TPSA) is 53.0 Å². The second-order valence-corrected chi connectivity index (χ2v) is 5.73. The SMILES string of the molecule is CCN(C(=O)OC(C)(C)C)C1CCN(CCO)C1. The maximum atomic E-state index is 12.1. The van der Waals surface area contributed by atoms with Crippen molar-refractivity contribution < 1.29 is 14.6 Å². The molecule has 0 spiro atoms. The average molecular weight is 258 g/mol. The number of likely N-dealkylation sites (N-methyl/N-ethyl adjacent to an activating group) is 1. The number of likely N-dealkylation sites (tertiary alicyclic amines) is 1. The van der Waals surface area contributed by atoms with E-state index < -0.39 is 5.60 Å². The minimum Gasteiger partial charge on any atom is -0.444 e. The van der Waals surface area contributed by atoms with Crippen molar-refractivity contribution in [2.45, 2.75) is 45.8 Å². The van der Waals surface area contributed by atoms with Crippen molar-refractivity contribution in [1.82, 2.24) is 9.80 Å².